The summed E-state index contributed by atoms with van der Waals surface area (Å²) in [5.41, 5.74) is 19.5. The molecular weight excluding hydrogens is 573 g/mol. The number of hydrogen-bond acceptors (Lipinski definition) is 4. The molecule has 0 fully saturated rings. The maximum absolute atomic E-state index is 7.11. The van der Waals surface area contributed by atoms with Crippen LogP contribution < -0.4 is 10.6 Å². The zero-order valence-corrected chi connectivity index (χ0v) is 26.3. The monoisotopic (exact) mass is 606 g/mol. The van der Waals surface area contributed by atoms with Crippen LogP contribution in [-0.2, 0) is 0 Å². The molecular formula is C43H34N4. The molecule has 4 nitrogen and oxygen atoms in total. The lowest BCUT2D eigenvalue weighted by Crippen LogP contribution is -2.27. The van der Waals surface area contributed by atoms with E-state index in [2.05, 4.69) is 138 Å². The Balaban J connectivity index is 1.27. The van der Waals surface area contributed by atoms with Crippen molar-refractivity contribution in [3.8, 4) is 33.6 Å². The van der Waals surface area contributed by atoms with Crippen molar-refractivity contribution in [3.63, 3.8) is 0 Å². The van der Waals surface area contributed by atoms with Gasteiger partial charge in [-0.05, 0) is 78.3 Å². The fraction of sp³-hybridized carbons (Fsp3) is 0.0698. The molecule has 1 aliphatic heterocycles. The molecule has 1 aliphatic carbocycles. The minimum atomic E-state index is 0.753. The Labute approximate surface area is 275 Å². The number of allylic oxidation sites excluding steroid dienone is 5. The highest BCUT2D eigenvalue weighted by Gasteiger charge is 2.28. The minimum absolute atomic E-state index is 0.753. The van der Waals surface area contributed by atoms with Crippen LogP contribution in [0.2, 0.25) is 0 Å². The van der Waals surface area contributed by atoms with Crippen LogP contribution in [0.5, 0.6) is 0 Å². The lowest BCUT2D eigenvalue weighted by atomic mass is 9.90. The van der Waals surface area contributed by atoms with Crippen LogP contribution >= 0.6 is 0 Å². The van der Waals surface area contributed by atoms with Crippen LogP contribution in [0.1, 0.15) is 31.2 Å². The van der Waals surface area contributed by atoms with E-state index in [0.29, 0.717) is 0 Å². The Kier molecular flexibility index (Phi) is 7.31. The van der Waals surface area contributed by atoms with Crippen molar-refractivity contribution in [2.75, 3.05) is 4.90 Å². The second-order valence-corrected chi connectivity index (χ2v) is 11.9. The van der Waals surface area contributed by atoms with E-state index < -0.39 is 0 Å². The number of hydrogen-bond donors (Lipinski definition) is 1. The van der Waals surface area contributed by atoms with Gasteiger partial charge in [0.2, 0.25) is 0 Å². The SMILES string of the molecule is C/C=C\C1=C(N)c2cc(-c3ccccc3)cc3cccc(c23)N1C1=CCCC(c2nc(-c3ccccc3)cc(-c3ccccc3)n2)=C1. The maximum atomic E-state index is 7.11. The molecule has 0 unspecified atom stereocenters. The Bertz CT molecular complexity index is 2190. The highest BCUT2D eigenvalue weighted by Crippen LogP contribution is 2.45. The van der Waals surface area contributed by atoms with Crippen LogP contribution in [0.15, 0.2) is 163 Å². The molecule has 47 heavy (non-hydrogen) atoms. The topological polar surface area (TPSA) is 55.0 Å². The molecule has 5 aromatic carbocycles. The molecule has 2 heterocycles. The molecule has 4 heteroatoms. The first-order valence-electron chi connectivity index (χ1n) is 16.1. The fourth-order valence-electron chi connectivity index (χ4n) is 6.71. The van der Waals surface area contributed by atoms with Crippen molar-refractivity contribution >= 4 is 27.7 Å². The van der Waals surface area contributed by atoms with E-state index in [9.17, 15) is 0 Å². The predicted octanol–water partition coefficient (Wildman–Crippen LogP) is 10.4. The zero-order chi connectivity index (χ0) is 31.7. The summed E-state index contributed by atoms with van der Waals surface area (Å²) >= 11 is 0. The molecule has 0 amide bonds. The van der Waals surface area contributed by atoms with Gasteiger partial charge in [-0.1, -0.05) is 115 Å². The second kappa shape index (κ2) is 12.1. The van der Waals surface area contributed by atoms with E-state index in [4.69, 9.17) is 15.7 Å². The third-order valence-electron chi connectivity index (χ3n) is 8.93. The van der Waals surface area contributed by atoms with Gasteiger partial charge in [-0.2, -0.15) is 0 Å². The normalized spacial score (nSPS) is 14.4. The van der Waals surface area contributed by atoms with Gasteiger partial charge in [0, 0.05) is 27.8 Å². The molecule has 2 N–H and O–H groups in total. The molecule has 0 spiro atoms. The summed E-state index contributed by atoms with van der Waals surface area (Å²) in [5, 5.41) is 2.33. The van der Waals surface area contributed by atoms with Gasteiger partial charge >= 0.3 is 0 Å². The highest BCUT2D eigenvalue weighted by molar-refractivity contribution is 6.09. The van der Waals surface area contributed by atoms with Gasteiger partial charge in [0.05, 0.1) is 28.5 Å². The van der Waals surface area contributed by atoms with Crippen LogP contribution in [0.25, 0.3) is 55.7 Å². The molecule has 0 saturated heterocycles. The molecule has 1 aromatic heterocycles. The van der Waals surface area contributed by atoms with Gasteiger partial charge in [-0.3, -0.25) is 0 Å². The van der Waals surface area contributed by atoms with Crippen molar-refractivity contribution in [2.45, 2.75) is 19.8 Å². The van der Waals surface area contributed by atoms with Gasteiger partial charge in [-0.25, -0.2) is 9.97 Å². The minimum Gasteiger partial charge on any atom is -0.397 e. The third kappa shape index (κ3) is 5.24. The van der Waals surface area contributed by atoms with Crippen molar-refractivity contribution in [3.05, 3.63) is 174 Å². The van der Waals surface area contributed by atoms with Crippen molar-refractivity contribution in [2.24, 2.45) is 5.73 Å². The summed E-state index contributed by atoms with van der Waals surface area (Å²) in [6, 6.07) is 44.3. The summed E-state index contributed by atoms with van der Waals surface area (Å²) in [7, 11) is 0. The van der Waals surface area contributed by atoms with E-state index in [1.54, 1.807) is 0 Å². The van der Waals surface area contributed by atoms with Gasteiger partial charge in [0.25, 0.3) is 0 Å². The second-order valence-electron chi connectivity index (χ2n) is 11.9. The van der Waals surface area contributed by atoms with Gasteiger partial charge in [0.1, 0.15) is 0 Å². The number of anilines is 1. The highest BCUT2D eigenvalue weighted by atomic mass is 15.2. The number of nitrogens with zero attached hydrogens (tertiary/aromatic N) is 3. The summed E-state index contributed by atoms with van der Waals surface area (Å²) in [6.07, 6.45) is 10.5. The largest absolute Gasteiger partial charge is 0.397 e. The van der Waals surface area contributed by atoms with E-state index >= 15 is 0 Å². The first-order valence-corrected chi connectivity index (χ1v) is 16.1. The van der Waals surface area contributed by atoms with E-state index in [1.165, 1.54) is 10.9 Å². The van der Waals surface area contributed by atoms with Crippen molar-refractivity contribution < 1.29 is 0 Å². The van der Waals surface area contributed by atoms with Crippen LogP contribution in [0.4, 0.5) is 5.69 Å². The number of rotatable bonds is 6. The molecule has 226 valence electrons. The Morgan fingerprint density at radius 3 is 1.96 bits per heavy atom. The lowest BCUT2D eigenvalue weighted by molar-refractivity contribution is 0.973. The quantitative estimate of drug-likeness (QED) is 0.205. The Hall–Kier alpha value is -6.00. The first kappa shape index (κ1) is 28.5. The Morgan fingerprint density at radius 1 is 0.681 bits per heavy atom. The van der Waals surface area contributed by atoms with Gasteiger partial charge in [-0.15, -0.1) is 0 Å². The predicted molar refractivity (Wildman–Crippen MR) is 196 cm³/mol. The third-order valence-corrected chi connectivity index (χ3v) is 8.93. The lowest BCUT2D eigenvalue weighted by Gasteiger charge is -2.35. The molecule has 6 aromatic rings. The average molecular weight is 607 g/mol. The summed E-state index contributed by atoms with van der Waals surface area (Å²) < 4.78 is 0. The van der Waals surface area contributed by atoms with E-state index in [0.717, 1.165) is 86.0 Å². The number of aromatic nitrogens is 2. The number of nitrogens with two attached hydrogens (primary N) is 1. The Morgan fingerprint density at radius 2 is 1.32 bits per heavy atom. The smallest absolute Gasteiger partial charge is 0.156 e. The number of benzene rings is 5. The average Bonchev–Trinajstić information content (AvgIpc) is 3.14. The first-order chi connectivity index (χ1) is 23.2. The fourth-order valence-corrected chi connectivity index (χ4v) is 6.71. The molecule has 2 aliphatic rings. The molecule has 8 rings (SSSR count). The molecule has 0 bridgehead atoms. The van der Waals surface area contributed by atoms with Crippen LogP contribution in [0, 0.1) is 0 Å². The van der Waals surface area contributed by atoms with E-state index in [1.807, 2.05) is 25.1 Å². The zero-order valence-electron chi connectivity index (χ0n) is 26.3. The molecule has 0 atom stereocenters. The van der Waals surface area contributed by atoms with Crippen LogP contribution in [0.3, 0.4) is 0 Å². The molecule has 0 radical (unpaired) electrons. The summed E-state index contributed by atoms with van der Waals surface area (Å²) in [6.45, 7) is 2.04. The molecule has 0 saturated carbocycles. The standard InChI is InChI=1S/C43H34N4/c1-2-14-40-42(44)36-27-34(29-15-6-3-7-16-29)25-32-21-13-24-39(41(32)36)47(40)35-23-12-22-33(26-35)43-45-37(30-17-8-4-9-18-30)28-38(46-43)31-19-10-5-11-20-31/h2-11,13-21,23-28H,12,22,44H2,1H3/b14-2-. The van der Waals surface area contributed by atoms with E-state index in [-0.39, 0.29) is 0 Å². The van der Waals surface area contributed by atoms with Gasteiger partial charge < -0.3 is 10.6 Å². The van der Waals surface area contributed by atoms with Crippen molar-refractivity contribution in [1.29, 1.82) is 0 Å². The summed E-state index contributed by atoms with van der Waals surface area (Å²) in [4.78, 5) is 12.6. The van der Waals surface area contributed by atoms with Crippen LogP contribution in [-0.4, -0.2) is 9.97 Å². The maximum Gasteiger partial charge on any atom is 0.156 e. The van der Waals surface area contributed by atoms with Crippen molar-refractivity contribution in [1.82, 2.24) is 9.97 Å². The van der Waals surface area contributed by atoms with Gasteiger partial charge in [0.15, 0.2) is 5.82 Å². The summed E-state index contributed by atoms with van der Waals surface area (Å²) in [5.74, 6) is 0.753.